The average molecular weight is 312 g/mol. The maximum Gasteiger partial charge on any atom is 0.254 e. The molecule has 1 aromatic carbocycles. The first-order valence-electron chi connectivity index (χ1n) is 7.67. The summed E-state index contributed by atoms with van der Waals surface area (Å²) in [7, 11) is 3.15. The monoisotopic (exact) mass is 312 g/mol. The first-order valence-corrected chi connectivity index (χ1v) is 7.67. The number of carbonyl (C=O) groups is 1. The number of pyridine rings is 1. The zero-order valence-corrected chi connectivity index (χ0v) is 13.4. The summed E-state index contributed by atoms with van der Waals surface area (Å²) in [5, 5.41) is 0. The summed E-state index contributed by atoms with van der Waals surface area (Å²) >= 11 is 0. The van der Waals surface area contributed by atoms with Gasteiger partial charge in [0.15, 0.2) is 11.5 Å². The van der Waals surface area contributed by atoms with E-state index in [1.165, 1.54) is 0 Å². The second-order valence-corrected chi connectivity index (χ2v) is 5.51. The number of benzene rings is 1. The topological polar surface area (TPSA) is 51.7 Å². The van der Waals surface area contributed by atoms with Gasteiger partial charge < -0.3 is 14.4 Å². The Morgan fingerprint density at radius 2 is 2.04 bits per heavy atom. The van der Waals surface area contributed by atoms with Gasteiger partial charge in [0.2, 0.25) is 0 Å². The van der Waals surface area contributed by atoms with Crippen LogP contribution in [0.2, 0.25) is 0 Å². The van der Waals surface area contributed by atoms with Crippen molar-refractivity contribution in [2.75, 3.05) is 20.8 Å². The Morgan fingerprint density at radius 3 is 2.74 bits per heavy atom. The standard InChI is InChI=1S/C18H20N2O3/c1-22-16-8-7-13(11-17(16)23-2)18(21)20-10-4-6-15(20)14-5-3-9-19-12-14/h3,5,7-9,11-12,15H,4,6,10H2,1-2H3. The molecule has 1 saturated heterocycles. The molecular weight excluding hydrogens is 292 g/mol. The molecule has 1 unspecified atom stereocenters. The third-order valence-electron chi connectivity index (χ3n) is 4.21. The molecule has 1 atom stereocenters. The minimum Gasteiger partial charge on any atom is -0.493 e. The summed E-state index contributed by atoms with van der Waals surface area (Å²) < 4.78 is 10.5. The molecule has 23 heavy (non-hydrogen) atoms. The highest BCUT2D eigenvalue weighted by Gasteiger charge is 2.31. The van der Waals surface area contributed by atoms with E-state index in [9.17, 15) is 4.79 Å². The second kappa shape index (κ2) is 6.69. The number of ether oxygens (including phenoxy) is 2. The lowest BCUT2D eigenvalue weighted by molar-refractivity contribution is 0.0735. The first-order chi connectivity index (χ1) is 11.2. The summed E-state index contributed by atoms with van der Waals surface area (Å²) in [6, 6.07) is 9.30. The number of carbonyl (C=O) groups excluding carboxylic acids is 1. The molecule has 0 aliphatic carbocycles. The maximum atomic E-state index is 12.9. The zero-order chi connectivity index (χ0) is 16.2. The SMILES string of the molecule is COc1ccc(C(=O)N2CCCC2c2cccnc2)cc1OC. The van der Waals surface area contributed by atoms with Crippen LogP contribution in [-0.2, 0) is 0 Å². The van der Waals surface area contributed by atoms with E-state index in [1.807, 2.05) is 23.2 Å². The van der Waals surface area contributed by atoms with E-state index in [0.29, 0.717) is 17.1 Å². The molecule has 5 heteroatoms. The van der Waals surface area contributed by atoms with E-state index in [2.05, 4.69) is 4.98 Å². The summed E-state index contributed by atoms with van der Waals surface area (Å²) in [5.41, 5.74) is 1.69. The van der Waals surface area contributed by atoms with Crippen molar-refractivity contribution in [3.63, 3.8) is 0 Å². The Kier molecular flexibility index (Phi) is 4.46. The van der Waals surface area contributed by atoms with Crippen LogP contribution in [0.25, 0.3) is 0 Å². The number of aromatic nitrogens is 1. The zero-order valence-electron chi connectivity index (χ0n) is 13.4. The molecule has 0 radical (unpaired) electrons. The molecule has 1 aromatic heterocycles. The normalized spacial score (nSPS) is 17.1. The fourth-order valence-corrected chi connectivity index (χ4v) is 3.06. The lowest BCUT2D eigenvalue weighted by Gasteiger charge is -2.25. The van der Waals surface area contributed by atoms with E-state index in [-0.39, 0.29) is 11.9 Å². The van der Waals surface area contributed by atoms with Crippen LogP contribution >= 0.6 is 0 Å². The van der Waals surface area contributed by atoms with Crippen molar-refractivity contribution in [2.45, 2.75) is 18.9 Å². The molecule has 1 amide bonds. The summed E-state index contributed by atoms with van der Waals surface area (Å²) in [5.74, 6) is 1.20. The Balaban J connectivity index is 1.87. The van der Waals surface area contributed by atoms with Gasteiger partial charge in [-0.05, 0) is 42.7 Å². The van der Waals surface area contributed by atoms with Crippen molar-refractivity contribution in [3.05, 3.63) is 53.9 Å². The summed E-state index contributed by atoms with van der Waals surface area (Å²) in [6.45, 7) is 0.757. The fraction of sp³-hybridized carbons (Fsp3) is 0.333. The highest BCUT2D eigenvalue weighted by Crippen LogP contribution is 2.34. The van der Waals surface area contributed by atoms with Gasteiger partial charge in [-0.1, -0.05) is 6.07 Å². The second-order valence-electron chi connectivity index (χ2n) is 5.51. The molecule has 0 bridgehead atoms. The summed E-state index contributed by atoms with van der Waals surface area (Å²) in [4.78, 5) is 19.0. The number of hydrogen-bond acceptors (Lipinski definition) is 4. The number of methoxy groups -OCH3 is 2. The predicted octanol–water partition coefficient (Wildman–Crippen LogP) is 3.08. The van der Waals surface area contributed by atoms with E-state index >= 15 is 0 Å². The van der Waals surface area contributed by atoms with E-state index in [4.69, 9.17) is 9.47 Å². The largest absolute Gasteiger partial charge is 0.493 e. The van der Waals surface area contributed by atoms with Crippen LogP contribution in [0.4, 0.5) is 0 Å². The third-order valence-corrected chi connectivity index (χ3v) is 4.21. The third kappa shape index (κ3) is 2.99. The molecule has 1 aliphatic rings. The lowest BCUT2D eigenvalue weighted by atomic mass is 10.1. The number of nitrogens with zero attached hydrogens (tertiary/aromatic N) is 2. The molecule has 0 spiro atoms. The fourth-order valence-electron chi connectivity index (χ4n) is 3.06. The smallest absolute Gasteiger partial charge is 0.254 e. The molecule has 1 fully saturated rings. The van der Waals surface area contributed by atoms with E-state index < -0.39 is 0 Å². The Labute approximate surface area is 135 Å². The van der Waals surface area contributed by atoms with Crippen LogP contribution in [0.15, 0.2) is 42.7 Å². The quantitative estimate of drug-likeness (QED) is 0.870. The number of rotatable bonds is 4. The van der Waals surface area contributed by atoms with Gasteiger partial charge >= 0.3 is 0 Å². The lowest BCUT2D eigenvalue weighted by Crippen LogP contribution is -2.30. The van der Waals surface area contributed by atoms with Crippen molar-refractivity contribution in [1.29, 1.82) is 0 Å². The van der Waals surface area contributed by atoms with Gasteiger partial charge in [-0.3, -0.25) is 9.78 Å². The van der Waals surface area contributed by atoms with Crippen molar-refractivity contribution in [2.24, 2.45) is 0 Å². The average Bonchev–Trinajstić information content (AvgIpc) is 3.11. The van der Waals surface area contributed by atoms with Gasteiger partial charge in [-0.15, -0.1) is 0 Å². The van der Waals surface area contributed by atoms with Crippen molar-refractivity contribution in [3.8, 4) is 11.5 Å². The number of amides is 1. The van der Waals surface area contributed by atoms with Crippen LogP contribution in [0.1, 0.15) is 34.8 Å². The predicted molar refractivity (Wildman–Crippen MR) is 86.8 cm³/mol. The molecule has 3 rings (SSSR count). The van der Waals surface area contributed by atoms with Gasteiger partial charge in [0.1, 0.15) is 0 Å². The molecule has 2 heterocycles. The van der Waals surface area contributed by atoms with Crippen LogP contribution in [0.3, 0.4) is 0 Å². The molecular formula is C18H20N2O3. The minimum atomic E-state index is 0.0114. The highest BCUT2D eigenvalue weighted by atomic mass is 16.5. The molecule has 2 aromatic rings. The Hall–Kier alpha value is -2.56. The number of hydrogen-bond donors (Lipinski definition) is 0. The molecule has 120 valence electrons. The van der Waals surface area contributed by atoms with Gasteiger partial charge in [-0.25, -0.2) is 0 Å². The molecule has 5 nitrogen and oxygen atoms in total. The highest BCUT2D eigenvalue weighted by molar-refractivity contribution is 5.95. The maximum absolute atomic E-state index is 12.9. The van der Waals surface area contributed by atoms with Crippen LogP contribution in [0, 0.1) is 0 Å². The molecule has 0 N–H and O–H groups in total. The van der Waals surface area contributed by atoms with Gasteiger partial charge in [0.05, 0.1) is 20.3 Å². The minimum absolute atomic E-state index is 0.0114. The van der Waals surface area contributed by atoms with Crippen molar-refractivity contribution >= 4 is 5.91 Å². The van der Waals surface area contributed by atoms with Crippen LogP contribution in [-0.4, -0.2) is 36.6 Å². The number of likely N-dealkylation sites (tertiary alicyclic amines) is 1. The van der Waals surface area contributed by atoms with Crippen molar-refractivity contribution in [1.82, 2.24) is 9.88 Å². The van der Waals surface area contributed by atoms with Gasteiger partial charge in [0, 0.05) is 24.5 Å². The molecule has 0 saturated carbocycles. The molecule has 1 aliphatic heterocycles. The van der Waals surface area contributed by atoms with Crippen molar-refractivity contribution < 1.29 is 14.3 Å². The van der Waals surface area contributed by atoms with Crippen LogP contribution < -0.4 is 9.47 Å². The first kappa shape index (κ1) is 15.3. The van der Waals surface area contributed by atoms with Crippen LogP contribution in [0.5, 0.6) is 11.5 Å². The van der Waals surface area contributed by atoms with Gasteiger partial charge in [-0.2, -0.15) is 0 Å². The summed E-state index contributed by atoms with van der Waals surface area (Å²) in [6.07, 6.45) is 5.55. The Bertz CT molecular complexity index is 688. The van der Waals surface area contributed by atoms with E-state index in [0.717, 1.165) is 24.9 Å². The van der Waals surface area contributed by atoms with E-state index in [1.54, 1.807) is 38.6 Å². The van der Waals surface area contributed by atoms with Gasteiger partial charge in [0.25, 0.3) is 5.91 Å². The Morgan fingerprint density at radius 1 is 1.22 bits per heavy atom.